The zero-order chi connectivity index (χ0) is 24.1. The Bertz CT molecular complexity index is 804. The molecule has 1 amide bonds. The predicted octanol–water partition coefficient (Wildman–Crippen LogP) is 4.03. The van der Waals surface area contributed by atoms with Gasteiger partial charge in [-0.2, -0.15) is 0 Å². The summed E-state index contributed by atoms with van der Waals surface area (Å²) in [4.78, 5) is 39.6. The van der Waals surface area contributed by atoms with Gasteiger partial charge in [0.15, 0.2) is 5.78 Å². The Morgan fingerprint density at radius 2 is 1.75 bits per heavy atom. The molecule has 0 aliphatic carbocycles. The lowest BCUT2D eigenvalue weighted by Crippen LogP contribution is -2.49. The number of likely N-dealkylation sites (tertiary alicyclic amines) is 1. The summed E-state index contributed by atoms with van der Waals surface area (Å²) in [6, 6.07) is 4.86. The fraction of sp³-hybridized carbons (Fsp3) is 0.625. The summed E-state index contributed by atoms with van der Waals surface area (Å²) in [5.41, 5.74) is -0.290. The maximum absolute atomic E-state index is 13.1. The van der Waals surface area contributed by atoms with Crippen LogP contribution in [0.25, 0.3) is 0 Å². The van der Waals surface area contributed by atoms with Crippen LogP contribution in [0.3, 0.4) is 0 Å². The molecule has 0 N–H and O–H groups in total. The number of hydrogen-bond acceptors (Lipinski definition) is 6. The molecule has 1 heterocycles. The Balaban J connectivity index is 2.06. The van der Waals surface area contributed by atoms with Crippen molar-refractivity contribution in [3.8, 4) is 0 Å². The lowest BCUT2D eigenvalue weighted by molar-refractivity contribution is -0.128. The zero-order valence-corrected chi connectivity index (χ0v) is 19.7. The fourth-order valence-electron chi connectivity index (χ4n) is 3.96. The third kappa shape index (κ3) is 6.84. The smallest absolute Gasteiger partial charge is 0.410 e. The Morgan fingerprint density at radius 1 is 1.12 bits per heavy atom. The second-order valence-corrected chi connectivity index (χ2v) is 9.18. The van der Waals surface area contributed by atoms with E-state index < -0.39 is 35.6 Å². The van der Waals surface area contributed by atoms with Gasteiger partial charge < -0.3 is 14.2 Å². The zero-order valence-electron chi connectivity index (χ0n) is 19.7. The topological polar surface area (TPSA) is 82.1 Å². The number of ketones is 2. The van der Waals surface area contributed by atoms with Gasteiger partial charge in [0.25, 0.3) is 0 Å². The Hall–Kier alpha value is -2.32. The average molecular weight is 452 g/mol. The van der Waals surface area contributed by atoms with Gasteiger partial charge in [-0.25, -0.2) is 9.18 Å². The molecule has 32 heavy (non-hydrogen) atoms. The number of halogens is 1. The van der Waals surface area contributed by atoms with Crippen LogP contribution in [0, 0.1) is 11.7 Å². The maximum atomic E-state index is 13.1. The average Bonchev–Trinajstić information content (AvgIpc) is 3.16. The third-order valence-corrected chi connectivity index (χ3v) is 5.68. The summed E-state index contributed by atoms with van der Waals surface area (Å²) >= 11 is 0. The van der Waals surface area contributed by atoms with E-state index in [-0.39, 0.29) is 30.5 Å². The van der Waals surface area contributed by atoms with Gasteiger partial charge in [-0.3, -0.25) is 14.5 Å². The highest BCUT2D eigenvalue weighted by Gasteiger charge is 2.44. The molecule has 0 radical (unpaired) electrons. The number of Topliss-reactive ketones (excluding diaryl/α,β-unsaturated/α-hetero) is 2. The summed E-state index contributed by atoms with van der Waals surface area (Å²) in [5, 5.41) is 0. The molecule has 7 nitrogen and oxygen atoms in total. The second kappa shape index (κ2) is 11.0. The maximum Gasteiger partial charge on any atom is 0.410 e. The van der Waals surface area contributed by atoms with Crippen LogP contribution in [0.5, 0.6) is 0 Å². The van der Waals surface area contributed by atoms with Gasteiger partial charge in [0, 0.05) is 38.5 Å². The second-order valence-electron chi connectivity index (χ2n) is 9.18. The van der Waals surface area contributed by atoms with E-state index in [0.717, 1.165) is 0 Å². The number of ether oxygens (including phenoxy) is 3. The molecule has 178 valence electrons. The fourth-order valence-corrected chi connectivity index (χ4v) is 3.96. The largest absolute Gasteiger partial charge is 0.444 e. The highest BCUT2D eigenvalue weighted by atomic mass is 19.1. The van der Waals surface area contributed by atoms with Crippen molar-refractivity contribution in [3.05, 3.63) is 35.6 Å². The normalized spacial score (nSPS) is 20.7. The van der Waals surface area contributed by atoms with Crippen molar-refractivity contribution in [3.63, 3.8) is 0 Å². The molecule has 2 rings (SSSR count). The van der Waals surface area contributed by atoms with E-state index in [1.165, 1.54) is 31.4 Å². The molecule has 1 fully saturated rings. The van der Waals surface area contributed by atoms with Crippen molar-refractivity contribution < 1.29 is 33.0 Å². The van der Waals surface area contributed by atoms with Gasteiger partial charge in [-0.1, -0.05) is 6.92 Å². The van der Waals surface area contributed by atoms with Crippen molar-refractivity contribution in [2.45, 2.75) is 70.8 Å². The number of amides is 1. The van der Waals surface area contributed by atoms with Gasteiger partial charge in [0.1, 0.15) is 17.2 Å². The van der Waals surface area contributed by atoms with E-state index in [1.807, 2.05) is 0 Å². The number of carbonyl (C=O) groups is 3. The predicted molar refractivity (Wildman–Crippen MR) is 117 cm³/mol. The number of benzene rings is 1. The molecule has 4 atom stereocenters. The minimum atomic E-state index is -0.655. The quantitative estimate of drug-likeness (QED) is 0.527. The van der Waals surface area contributed by atoms with Gasteiger partial charge >= 0.3 is 6.09 Å². The molecule has 8 heteroatoms. The molecule has 1 aromatic carbocycles. The SMILES string of the molecule is CO[C@@H]1C[C@@H]([C@H](OC)[C@@H](C)C(=O)CCC(=O)c2ccc(F)cc2)N(C(=O)OC(C)(C)C)C1. The van der Waals surface area contributed by atoms with E-state index in [0.29, 0.717) is 18.5 Å². The van der Waals surface area contributed by atoms with Crippen LogP contribution in [0.4, 0.5) is 9.18 Å². The van der Waals surface area contributed by atoms with E-state index in [9.17, 15) is 18.8 Å². The van der Waals surface area contributed by atoms with Gasteiger partial charge in [0.05, 0.1) is 24.8 Å². The van der Waals surface area contributed by atoms with Crippen molar-refractivity contribution in [1.29, 1.82) is 0 Å². The summed E-state index contributed by atoms with van der Waals surface area (Å²) in [7, 11) is 3.09. The first-order valence-corrected chi connectivity index (χ1v) is 10.8. The molecule has 1 aromatic rings. The standard InChI is InChI=1S/C24H34FNO6/c1-15(20(27)11-12-21(28)16-7-9-17(25)10-8-16)22(31-6)19-13-18(30-5)14-26(19)23(29)32-24(2,3)4/h7-10,15,18-19,22H,11-14H2,1-6H3/t15-,18+,19-,22+/m0/s1. The van der Waals surface area contributed by atoms with Crippen LogP contribution >= 0.6 is 0 Å². The third-order valence-electron chi connectivity index (χ3n) is 5.68. The Labute approximate surface area is 189 Å². The summed E-state index contributed by atoms with van der Waals surface area (Å²) in [6.45, 7) is 7.47. The molecule has 1 aliphatic rings. The lowest BCUT2D eigenvalue weighted by atomic mass is 9.89. The number of carbonyl (C=O) groups excluding carboxylic acids is 3. The molecule has 1 aliphatic heterocycles. The van der Waals surface area contributed by atoms with Crippen LogP contribution < -0.4 is 0 Å². The van der Waals surface area contributed by atoms with E-state index in [1.54, 1.807) is 39.7 Å². The van der Waals surface area contributed by atoms with Crippen molar-refractivity contribution >= 4 is 17.7 Å². The first-order valence-electron chi connectivity index (χ1n) is 10.8. The Kier molecular flexibility index (Phi) is 8.92. The number of nitrogens with zero attached hydrogens (tertiary/aromatic N) is 1. The summed E-state index contributed by atoms with van der Waals surface area (Å²) < 4.78 is 29.7. The lowest BCUT2D eigenvalue weighted by Gasteiger charge is -2.34. The van der Waals surface area contributed by atoms with Gasteiger partial charge in [-0.15, -0.1) is 0 Å². The Morgan fingerprint density at radius 3 is 2.28 bits per heavy atom. The molecule has 0 bridgehead atoms. The molecule has 0 aromatic heterocycles. The van der Waals surface area contributed by atoms with E-state index in [2.05, 4.69) is 0 Å². The van der Waals surface area contributed by atoms with Crippen LogP contribution in [0.15, 0.2) is 24.3 Å². The summed E-state index contributed by atoms with van der Waals surface area (Å²) in [6.07, 6.45) is -0.671. The van der Waals surface area contributed by atoms with Crippen LogP contribution in [-0.2, 0) is 19.0 Å². The number of methoxy groups -OCH3 is 2. The molecule has 0 saturated carbocycles. The molecule has 0 spiro atoms. The van der Waals surface area contributed by atoms with Crippen molar-refractivity contribution in [2.75, 3.05) is 20.8 Å². The minimum absolute atomic E-state index is 0.0202. The molecule has 1 saturated heterocycles. The van der Waals surface area contributed by atoms with Crippen molar-refractivity contribution in [2.24, 2.45) is 5.92 Å². The highest BCUT2D eigenvalue weighted by Crippen LogP contribution is 2.30. The first kappa shape index (κ1) is 25.9. The van der Waals surface area contributed by atoms with Gasteiger partial charge in [0.2, 0.25) is 0 Å². The van der Waals surface area contributed by atoms with E-state index in [4.69, 9.17) is 14.2 Å². The number of hydrogen-bond donors (Lipinski definition) is 0. The highest BCUT2D eigenvalue weighted by molar-refractivity contribution is 5.98. The van der Waals surface area contributed by atoms with E-state index >= 15 is 0 Å². The van der Waals surface area contributed by atoms with Crippen LogP contribution in [0.1, 0.15) is 57.3 Å². The van der Waals surface area contributed by atoms with Crippen LogP contribution in [-0.4, -0.2) is 67.2 Å². The van der Waals surface area contributed by atoms with Gasteiger partial charge in [-0.05, 0) is 51.5 Å². The first-order chi connectivity index (χ1) is 15.0. The monoisotopic (exact) mass is 451 g/mol. The molecule has 0 unspecified atom stereocenters. The minimum Gasteiger partial charge on any atom is -0.444 e. The van der Waals surface area contributed by atoms with Crippen LogP contribution in [0.2, 0.25) is 0 Å². The molecular weight excluding hydrogens is 417 g/mol. The molecular formula is C24H34FNO6. The summed E-state index contributed by atoms with van der Waals surface area (Å²) in [5.74, 6) is -1.34. The van der Waals surface area contributed by atoms with Crippen molar-refractivity contribution in [1.82, 2.24) is 4.90 Å². The number of rotatable bonds is 9.